The molecule has 1 aliphatic heterocycles. The fourth-order valence-electron chi connectivity index (χ4n) is 3.59. The number of thiophene rings is 1. The van der Waals surface area contributed by atoms with Gasteiger partial charge in [-0.1, -0.05) is 12.1 Å². The molecule has 4 heterocycles. The van der Waals surface area contributed by atoms with E-state index in [1.54, 1.807) is 28.2 Å². The van der Waals surface area contributed by atoms with E-state index in [1.165, 1.54) is 0 Å². The number of allylic oxidation sites excluding steroid dienone is 1. The predicted octanol–water partition coefficient (Wildman–Crippen LogP) is 5.05. The lowest BCUT2D eigenvalue weighted by Gasteiger charge is -2.05. The molecule has 146 valence electrons. The number of aryl methyl sites for hydroxylation is 2. The molecular weight excluding hydrogens is 402 g/mol. The standard InChI is InChI=1S/C22H19N3O2S2/c1-13-14(2)29-21-19(13)22(26)25-8-7-16(20(25)24-21)9-15-3-5-18(6-4-15)27-10-17-11-28-12-23-17/h3-6,9,11-12H,7-8,10H2,1-2H3/b16-9-. The number of fused-ring (bicyclic) bond motifs is 2. The smallest absolute Gasteiger partial charge is 0.262 e. The molecule has 0 saturated carbocycles. The zero-order valence-electron chi connectivity index (χ0n) is 16.1. The molecule has 0 amide bonds. The minimum Gasteiger partial charge on any atom is -0.487 e. The summed E-state index contributed by atoms with van der Waals surface area (Å²) in [4.78, 5) is 24.0. The first-order valence-corrected chi connectivity index (χ1v) is 11.2. The first-order valence-electron chi connectivity index (χ1n) is 9.41. The van der Waals surface area contributed by atoms with E-state index in [-0.39, 0.29) is 5.56 Å². The van der Waals surface area contributed by atoms with Crippen LogP contribution in [0, 0.1) is 13.8 Å². The van der Waals surface area contributed by atoms with Gasteiger partial charge in [-0.3, -0.25) is 9.36 Å². The first-order chi connectivity index (χ1) is 14.1. The number of ether oxygens (including phenoxy) is 1. The quantitative estimate of drug-likeness (QED) is 0.462. The Morgan fingerprint density at radius 2 is 2.07 bits per heavy atom. The maximum Gasteiger partial charge on any atom is 0.262 e. The molecule has 0 aliphatic carbocycles. The predicted molar refractivity (Wildman–Crippen MR) is 119 cm³/mol. The van der Waals surface area contributed by atoms with Gasteiger partial charge in [0.05, 0.1) is 16.6 Å². The molecule has 7 heteroatoms. The first kappa shape index (κ1) is 18.3. The van der Waals surface area contributed by atoms with Gasteiger partial charge in [0.25, 0.3) is 5.56 Å². The fraction of sp³-hybridized carbons (Fsp3) is 0.227. The highest BCUT2D eigenvalue weighted by molar-refractivity contribution is 7.18. The van der Waals surface area contributed by atoms with Crippen molar-refractivity contribution < 1.29 is 4.74 Å². The van der Waals surface area contributed by atoms with Crippen molar-refractivity contribution in [1.82, 2.24) is 14.5 Å². The SMILES string of the molecule is Cc1sc2nc3n(c(=O)c2c1C)CC/C3=C/c1ccc(OCc2cscn2)cc1. The lowest BCUT2D eigenvalue weighted by atomic mass is 10.1. The van der Waals surface area contributed by atoms with Crippen LogP contribution in [-0.2, 0) is 13.2 Å². The minimum atomic E-state index is 0.0843. The summed E-state index contributed by atoms with van der Waals surface area (Å²) in [6.45, 7) is 5.21. The second-order valence-corrected chi connectivity index (χ2v) is 9.03. The van der Waals surface area contributed by atoms with Gasteiger partial charge in [0.2, 0.25) is 0 Å². The summed E-state index contributed by atoms with van der Waals surface area (Å²) in [7, 11) is 0. The highest BCUT2D eigenvalue weighted by Gasteiger charge is 2.23. The average molecular weight is 422 g/mol. The maximum absolute atomic E-state index is 12.9. The second kappa shape index (κ2) is 7.24. The third kappa shape index (κ3) is 3.30. The third-order valence-corrected chi connectivity index (χ3v) is 7.01. The monoisotopic (exact) mass is 421 g/mol. The molecule has 1 aliphatic rings. The van der Waals surface area contributed by atoms with Crippen molar-refractivity contribution in [1.29, 1.82) is 0 Å². The normalized spacial score (nSPS) is 14.6. The van der Waals surface area contributed by atoms with E-state index in [0.717, 1.165) is 55.5 Å². The van der Waals surface area contributed by atoms with Crippen LogP contribution in [0.3, 0.4) is 0 Å². The topological polar surface area (TPSA) is 57.0 Å². The van der Waals surface area contributed by atoms with E-state index in [1.807, 2.05) is 48.1 Å². The Kier molecular flexibility index (Phi) is 4.56. The maximum atomic E-state index is 12.9. The Morgan fingerprint density at radius 1 is 1.24 bits per heavy atom. The van der Waals surface area contributed by atoms with Crippen LogP contribution in [-0.4, -0.2) is 14.5 Å². The Morgan fingerprint density at radius 3 is 2.83 bits per heavy atom. The molecule has 29 heavy (non-hydrogen) atoms. The number of aromatic nitrogens is 3. The lowest BCUT2D eigenvalue weighted by molar-refractivity contribution is 0.302. The number of thiazole rings is 1. The van der Waals surface area contributed by atoms with E-state index in [2.05, 4.69) is 11.1 Å². The zero-order valence-corrected chi connectivity index (χ0v) is 17.8. The Balaban J connectivity index is 1.43. The summed E-state index contributed by atoms with van der Waals surface area (Å²) in [5.74, 6) is 1.61. The van der Waals surface area contributed by atoms with Crippen molar-refractivity contribution >= 4 is 44.5 Å². The van der Waals surface area contributed by atoms with Crippen molar-refractivity contribution in [3.05, 3.63) is 73.0 Å². The van der Waals surface area contributed by atoms with Crippen LogP contribution in [0.25, 0.3) is 21.9 Å². The number of hydrogen-bond donors (Lipinski definition) is 0. The molecule has 5 nitrogen and oxygen atoms in total. The summed E-state index contributed by atoms with van der Waals surface area (Å²) in [6, 6.07) is 7.98. The summed E-state index contributed by atoms with van der Waals surface area (Å²) in [5.41, 5.74) is 6.06. The molecule has 0 fully saturated rings. The van der Waals surface area contributed by atoms with Gasteiger partial charge in [-0.05, 0) is 55.2 Å². The van der Waals surface area contributed by atoms with Gasteiger partial charge in [-0.25, -0.2) is 9.97 Å². The van der Waals surface area contributed by atoms with Gasteiger partial charge in [0.15, 0.2) is 0 Å². The molecule has 0 spiro atoms. The average Bonchev–Trinajstić information content (AvgIpc) is 3.43. The van der Waals surface area contributed by atoms with Crippen molar-refractivity contribution in [3.63, 3.8) is 0 Å². The Hall–Kier alpha value is -2.77. The summed E-state index contributed by atoms with van der Waals surface area (Å²) in [5, 5.41) is 2.76. The molecule has 0 N–H and O–H groups in total. The van der Waals surface area contributed by atoms with Crippen LogP contribution in [0.2, 0.25) is 0 Å². The molecule has 0 atom stereocenters. The lowest BCUT2D eigenvalue weighted by Crippen LogP contribution is -2.20. The molecule has 0 bridgehead atoms. The van der Waals surface area contributed by atoms with Crippen LogP contribution < -0.4 is 10.3 Å². The van der Waals surface area contributed by atoms with E-state index >= 15 is 0 Å². The van der Waals surface area contributed by atoms with Crippen LogP contribution in [0.1, 0.15) is 33.9 Å². The van der Waals surface area contributed by atoms with Gasteiger partial charge < -0.3 is 4.74 Å². The fourth-order valence-corrected chi connectivity index (χ4v) is 5.15. The number of nitrogens with zero attached hydrogens (tertiary/aromatic N) is 3. The van der Waals surface area contributed by atoms with E-state index in [4.69, 9.17) is 9.72 Å². The van der Waals surface area contributed by atoms with Gasteiger partial charge in [-0.2, -0.15) is 0 Å². The van der Waals surface area contributed by atoms with Crippen molar-refractivity contribution in [2.45, 2.75) is 33.4 Å². The molecule has 0 unspecified atom stereocenters. The van der Waals surface area contributed by atoms with Gasteiger partial charge in [0.1, 0.15) is 23.0 Å². The van der Waals surface area contributed by atoms with Crippen molar-refractivity contribution in [3.8, 4) is 5.75 Å². The van der Waals surface area contributed by atoms with Crippen molar-refractivity contribution in [2.75, 3.05) is 0 Å². The van der Waals surface area contributed by atoms with Crippen LogP contribution in [0.15, 0.2) is 40.0 Å². The molecule has 0 radical (unpaired) electrons. The van der Waals surface area contributed by atoms with E-state index in [9.17, 15) is 4.79 Å². The summed E-state index contributed by atoms with van der Waals surface area (Å²) < 4.78 is 7.59. The van der Waals surface area contributed by atoms with Gasteiger partial charge >= 0.3 is 0 Å². The molecule has 0 saturated heterocycles. The second-order valence-electron chi connectivity index (χ2n) is 7.11. The molecule has 4 aromatic rings. The van der Waals surface area contributed by atoms with E-state index in [0.29, 0.717) is 13.2 Å². The third-order valence-electron chi connectivity index (χ3n) is 5.27. The Labute approximate surface area is 176 Å². The van der Waals surface area contributed by atoms with Gasteiger partial charge in [0, 0.05) is 16.8 Å². The van der Waals surface area contributed by atoms with Crippen LogP contribution >= 0.6 is 22.7 Å². The highest BCUT2D eigenvalue weighted by atomic mass is 32.1. The highest BCUT2D eigenvalue weighted by Crippen LogP contribution is 2.32. The minimum absolute atomic E-state index is 0.0843. The molecule has 1 aromatic carbocycles. The van der Waals surface area contributed by atoms with Crippen LogP contribution in [0.5, 0.6) is 5.75 Å². The van der Waals surface area contributed by atoms with E-state index < -0.39 is 0 Å². The van der Waals surface area contributed by atoms with Crippen LogP contribution in [0.4, 0.5) is 0 Å². The number of benzene rings is 1. The zero-order chi connectivity index (χ0) is 20.0. The van der Waals surface area contributed by atoms with Crippen molar-refractivity contribution in [2.24, 2.45) is 0 Å². The summed E-state index contributed by atoms with van der Waals surface area (Å²) in [6.07, 6.45) is 2.94. The number of hydrogen-bond acceptors (Lipinski definition) is 6. The number of rotatable bonds is 4. The van der Waals surface area contributed by atoms with Gasteiger partial charge in [-0.15, -0.1) is 22.7 Å². The molecule has 3 aromatic heterocycles. The molecule has 5 rings (SSSR count). The molecular formula is C22H19N3O2S2. The Bertz CT molecular complexity index is 1280. The largest absolute Gasteiger partial charge is 0.487 e. The summed E-state index contributed by atoms with van der Waals surface area (Å²) >= 11 is 3.17.